The normalized spacial score (nSPS) is 12.0. The molecule has 0 aliphatic carbocycles. The molecule has 2 aliphatic rings. The molecule has 0 saturated carbocycles. The van der Waals surface area contributed by atoms with Gasteiger partial charge in [-0.2, -0.15) is 0 Å². The van der Waals surface area contributed by atoms with Crippen LogP contribution in [0.2, 0.25) is 0 Å². The van der Waals surface area contributed by atoms with Crippen molar-refractivity contribution in [2.24, 2.45) is 0 Å². The van der Waals surface area contributed by atoms with E-state index in [0.717, 1.165) is 19.5 Å². The summed E-state index contributed by atoms with van der Waals surface area (Å²) in [6.07, 6.45) is 0.957. The van der Waals surface area contributed by atoms with Crippen LogP contribution in [0.4, 0.5) is 22.7 Å². The van der Waals surface area contributed by atoms with Gasteiger partial charge in [-0.15, -0.1) is 0 Å². The molecule has 2 heteroatoms. The molecule has 0 unspecified atom stereocenters. The molecular weight excluding hydrogens is 857 g/mol. The Balaban J connectivity index is 0.000000988. The predicted octanol–water partition coefficient (Wildman–Crippen LogP) is 20.7. The number of para-hydroxylation sites is 4. The summed E-state index contributed by atoms with van der Waals surface area (Å²) in [6, 6.07) is 80.6. The quantitative estimate of drug-likeness (QED) is 0.150. The van der Waals surface area contributed by atoms with Crippen LogP contribution in [0.25, 0.3) is 0 Å². The number of rotatable bonds is 8. The molecule has 8 aromatic carbocycles. The molecule has 8 aromatic rings. The Labute approximate surface area is 434 Å². The summed E-state index contributed by atoms with van der Waals surface area (Å²) >= 11 is 0. The van der Waals surface area contributed by atoms with Crippen molar-refractivity contribution in [1.82, 2.24) is 0 Å². The van der Waals surface area contributed by atoms with Crippen LogP contribution in [-0.4, -0.2) is 13.1 Å². The third-order valence-corrected chi connectivity index (χ3v) is 12.0. The first-order valence-electron chi connectivity index (χ1n) is 27.5. The fourth-order valence-electron chi connectivity index (χ4n) is 9.85. The highest BCUT2D eigenvalue weighted by atomic mass is 15.2. The molecule has 2 nitrogen and oxygen atoms in total. The molecule has 0 N–H and O–H groups in total. The van der Waals surface area contributed by atoms with E-state index in [9.17, 15) is 0 Å². The van der Waals surface area contributed by atoms with Gasteiger partial charge in [0.1, 0.15) is 0 Å². The Morgan fingerprint density at radius 1 is 0.225 bits per heavy atom. The van der Waals surface area contributed by atoms with Crippen LogP contribution in [-0.2, 0) is 10.8 Å². The molecule has 0 radical (unpaired) electrons. The van der Waals surface area contributed by atoms with Crippen LogP contribution in [0, 0.1) is 0 Å². The van der Waals surface area contributed by atoms with E-state index in [1.807, 2.05) is 111 Å². The highest BCUT2D eigenvalue weighted by Crippen LogP contribution is 2.57. The van der Waals surface area contributed by atoms with Gasteiger partial charge in [0.2, 0.25) is 0 Å². The van der Waals surface area contributed by atoms with Crippen LogP contribution >= 0.6 is 0 Å². The molecule has 376 valence electrons. The number of nitrogens with zero attached hydrogens (tertiary/aromatic N) is 2. The van der Waals surface area contributed by atoms with Crippen molar-refractivity contribution in [1.29, 1.82) is 0 Å². The Hall–Kier alpha value is -6.64. The number of hydrogen-bond acceptors (Lipinski definition) is 2. The average molecular weight is 947 g/mol. The van der Waals surface area contributed by atoms with E-state index < -0.39 is 10.8 Å². The molecule has 0 amide bonds. The van der Waals surface area contributed by atoms with Crippen molar-refractivity contribution in [2.75, 3.05) is 22.9 Å². The first-order valence-corrected chi connectivity index (χ1v) is 27.5. The summed E-state index contributed by atoms with van der Waals surface area (Å²) in [7, 11) is 0. The van der Waals surface area contributed by atoms with Gasteiger partial charge in [0.15, 0.2) is 0 Å². The van der Waals surface area contributed by atoms with Gasteiger partial charge in [-0.25, -0.2) is 0 Å². The topological polar surface area (TPSA) is 6.48 Å². The maximum Gasteiger partial charge on any atom is 0.0742 e. The van der Waals surface area contributed by atoms with Crippen LogP contribution in [0.15, 0.2) is 218 Å². The molecular formula is C69H90N2. The second-order valence-electron chi connectivity index (χ2n) is 14.7. The Morgan fingerprint density at radius 2 is 0.394 bits per heavy atom. The van der Waals surface area contributed by atoms with E-state index in [4.69, 9.17) is 0 Å². The zero-order valence-electron chi connectivity index (χ0n) is 46.8. The van der Waals surface area contributed by atoms with E-state index in [1.165, 1.54) is 67.3 Å². The SMILES string of the molecule is CC.CC.CC.CC.CC.CC.CC.CC.c1ccc(C2(c3ccccc3)c3ccccc3N(CCCN3c4ccccc4C(c4ccccc4)(c4ccccc4)c4ccccc43)c3ccccc32)cc1. The van der Waals surface area contributed by atoms with Crippen LogP contribution in [0.5, 0.6) is 0 Å². The first kappa shape index (κ1) is 60.5. The Bertz CT molecular complexity index is 2220. The molecule has 71 heavy (non-hydrogen) atoms. The second-order valence-corrected chi connectivity index (χ2v) is 14.7. The largest absolute Gasteiger partial charge is 0.341 e. The lowest BCUT2D eigenvalue weighted by atomic mass is 9.62. The average Bonchev–Trinajstić information content (AvgIpc) is 3.50. The van der Waals surface area contributed by atoms with Crippen molar-refractivity contribution in [2.45, 2.75) is 128 Å². The predicted molar refractivity (Wildman–Crippen MR) is 319 cm³/mol. The molecule has 10 rings (SSSR count). The van der Waals surface area contributed by atoms with Crippen LogP contribution in [0.1, 0.15) is 162 Å². The molecule has 0 atom stereocenters. The number of anilines is 4. The number of fused-ring (bicyclic) bond motifs is 4. The van der Waals surface area contributed by atoms with E-state index in [0.29, 0.717) is 0 Å². The third-order valence-electron chi connectivity index (χ3n) is 12.0. The van der Waals surface area contributed by atoms with Crippen molar-refractivity contribution in [3.05, 3.63) is 263 Å². The van der Waals surface area contributed by atoms with Gasteiger partial charge >= 0.3 is 0 Å². The van der Waals surface area contributed by atoms with Crippen LogP contribution in [0.3, 0.4) is 0 Å². The lowest BCUT2D eigenvalue weighted by Crippen LogP contribution is -2.41. The fourth-order valence-corrected chi connectivity index (χ4v) is 9.85. The summed E-state index contributed by atoms with van der Waals surface area (Å²) in [5, 5.41) is 0. The summed E-state index contributed by atoms with van der Waals surface area (Å²) in [4.78, 5) is 5.16. The molecule has 0 spiro atoms. The molecule has 2 aliphatic heterocycles. The van der Waals surface area contributed by atoms with E-state index in [2.05, 4.69) is 228 Å². The zero-order valence-corrected chi connectivity index (χ0v) is 46.8. The van der Waals surface area contributed by atoms with Crippen LogP contribution < -0.4 is 9.80 Å². The standard InChI is InChI=1S/C53H42N2.8C2H6/c1-5-22-40(23-6-1)52(41-24-7-2-8-25-41)44-30-13-17-34-48(44)54(49-35-18-14-31-45(49)52)38-21-39-55-50-36-19-15-32-46(50)53(42-26-9-3-10-27-42,43-28-11-4-12-29-43)47-33-16-20-37-51(47)55;8*1-2/h1-20,22-37H,21,38-39H2;8*1-2H3. The maximum absolute atomic E-state index is 2.58. The van der Waals surface area contributed by atoms with E-state index >= 15 is 0 Å². The lowest BCUT2D eigenvalue weighted by molar-refractivity contribution is 0.690. The molecule has 2 heterocycles. The third kappa shape index (κ3) is 12.3. The van der Waals surface area contributed by atoms with Gasteiger partial charge in [0.05, 0.1) is 10.8 Å². The summed E-state index contributed by atoms with van der Waals surface area (Å²) < 4.78 is 0. The Morgan fingerprint density at radius 3 is 0.592 bits per heavy atom. The van der Waals surface area contributed by atoms with Gasteiger partial charge in [-0.1, -0.05) is 305 Å². The lowest BCUT2D eigenvalue weighted by Gasteiger charge is -2.47. The minimum Gasteiger partial charge on any atom is -0.341 e. The monoisotopic (exact) mass is 947 g/mol. The first-order chi connectivity index (χ1) is 35.3. The minimum atomic E-state index is -0.449. The van der Waals surface area contributed by atoms with E-state index in [1.54, 1.807) is 0 Å². The summed E-state index contributed by atoms with van der Waals surface area (Å²) in [6.45, 7) is 33.7. The number of benzene rings is 8. The van der Waals surface area contributed by atoms with E-state index in [-0.39, 0.29) is 0 Å². The minimum absolute atomic E-state index is 0.449. The summed E-state index contributed by atoms with van der Waals surface area (Å²) in [5.41, 5.74) is 14.5. The van der Waals surface area contributed by atoms with Gasteiger partial charge in [0.25, 0.3) is 0 Å². The molecule has 0 fully saturated rings. The highest BCUT2D eigenvalue weighted by molar-refractivity contribution is 5.85. The maximum atomic E-state index is 2.58. The van der Waals surface area contributed by atoms with Crippen molar-refractivity contribution >= 4 is 22.7 Å². The number of hydrogen-bond donors (Lipinski definition) is 0. The summed E-state index contributed by atoms with van der Waals surface area (Å²) in [5.74, 6) is 0. The molecule has 0 saturated heterocycles. The smallest absolute Gasteiger partial charge is 0.0742 e. The van der Waals surface area contributed by atoms with Gasteiger partial charge < -0.3 is 9.80 Å². The van der Waals surface area contributed by atoms with Crippen molar-refractivity contribution in [3.63, 3.8) is 0 Å². The van der Waals surface area contributed by atoms with Crippen molar-refractivity contribution in [3.8, 4) is 0 Å². The van der Waals surface area contributed by atoms with Gasteiger partial charge in [-0.3, -0.25) is 0 Å². The van der Waals surface area contributed by atoms with Gasteiger partial charge in [-0.05, 0) is 75.2 Å². The molecule has 0 bridgehead atoms. The molecule has 0 aromatic heterocycles. The zero-order chi connectivity index (χ0) is 52.7. The van der Waals surface area contributed by atoms with Crippen molar-refractivity contribution < 1.29 is 0 Å². The Kier molecular flexibility index (Phi) is 28.1. The highest BCUT2D eigenvalue weighted by Gasteiger charge is 2.47. The second kappa shape index (κ2) is 33.0. The fraction of sp³-hybridized carbons (Fsp3) is 0.304. The van der Waals surface area contributed by atoms with Gasteiger partial charge in [0, 0.05) is 35.8 Å².